The van der Waals surface area contributed by atoms with Crippen LogP contribution in [0, 0.1) is 0 Å². The summed E-state index contributed by atoms with van der Waals surface area (Å²) in [5.41, 5.74) is 0.614. The van der Waals surface area contributed by atoms with Gasteiger partial charge in [-0.05, 0) is 36.4 Å². The third kappa shape index (κ3) is 4.02. The van der Waals surface area contributed by atoms with Crippen LogP contribution in [0.3, 0.4) is 0 Å². The SMILES string of the molecule is O=C(C[NH+]1CCC[C@@H]1c1nc2ccccc2s1)Nc1ccc(C(F)(F)F)cc1. The first-order valence-corrected chi connectivity index (χ1v) is 9.89. The largest absolute Gasteiger partial charge is 0.416 e. The first-order valence-electron chi connectivity index (χ1n) is 9.07. The van der Waals surface area contributed by atoms with E-state index in [1.54, 1.807) is 11.3 Å². The monoisotopic (exact) mass is 406 g/mol. The molecule has 1 aliphatic rings. The Kier molecular flexibility index (Phi) is 5.07. The first-order chi connectivity index (χ1) is 13.4. The van der Waals surface area contributed by atoms with E-state index in [9.17, 15) is 18.0 Å². The average molecular weight is 406 g/mol. The van der Waals surface area contributed by atoms with Gasteiger partial charge in [-0.15, -0.1) is 11.3 Å². The lowest BCUT2D eigenvalue weighted by molar-refractivity contribution is -0.910. The topological polar surface area (TPSA) is 46.4 Å². The Bertz CT molecular complexity index is 951. The normalized spacial score (nSPS) is 19.8. The summed E-state index contributed by atoms with van der Waals surface area (Å²) in [6, 6.07) is 12.7. The number of fused-ring (bicyclic) bond motifs is 1. The van der Waals surface area contributed by atoms with Gasteiger partial charge in [0.1, 0.15) is 6.04 Å². The standard InChI is InChI=1S/C20H18F3N3OS/c21-20(22,23)13-7-9-14(10-8-13)24-18(27)12-26-11-3-5-16(26)19-25-15-4-1-2-6-17(15)28-19/h1-2,4,6-10,16H,3,5,11-12H2,(H,24,27)/p+1/t16-/m1/s1. The van der Waals surface area contributed by atoms with Crippen molar-refractivity contribution < 1.29 is 22.9 Å². The predicted octanol–water partition coefficient (Wildman–Crippen LogP) is 3.67. The van der Waals surface area contributed by atoms with Gasteiger partial charge in [-0.3, -0.25) is 4.79 Å². The molecular formula is C20H19F3N3OS+. The van der Waals surface area contributed by atoms with E-state index in [1.165, 1.54) is 12.1 Å². The number of halogens is 3. The summed E-state index contributed by atoms with van der Waals surface area (Å²) < 4.78 is 39.1. The van der Waals surface area contributed by atoms with Crippen molar-refractivity contribution in [2.45, 2.75) is 25.1 Å². The van der Waals surface area contributed by atoms with Gasteiger partial charge < -0.3 is 10.2 Å². The number of para-hydroxylation sites is 1. The third-order valence-corrected chi connectivity index (χ3v) is 6.13. The van der Waals surface area contributed by atoms with Gasteiger partial charge in [-0.1, -0.05) is 12.1 Å². The van der Waals surface area contributed by atoms with E-state index in [4.69, 9.17) is 4.98 Å². The molecule has 28 heavy (non-hydrogen) atoms. The van der Waals surface area contributed by atoms with Gasteiger partial charge in [0.2, 0.25) is 0 Å². The molecule has 8 heteroatoms. The highest BCUT2D eigenvalue weighted by molar-refractivity contribution is 7.18. The number of likely N-dealkylation sites (tertiary alicyclic amines) is 1. The van der Waals surface area contributed by atoms with Crippen LogP contribution in [0.4, 0.5) is 18.9 Å². The van der Waals surface area contributed by atoms with E-state index in [2.05, 4.69) is 5.32 Å². The molecule has 3 aromatic rings. The zero-order chi connectivity index (χ0) is 19.7. The summed E-state index contributed by atoms with van der Waals surface area (Å²) in [6.07, 6.45) is -2.39. The molecule has 1 unspecified atom stereocenters. The van der Waals surface area contributed by atoms with E-state index in [-0.39, 0.29) is 18.5 Å². The smallest absolute Gasteiger partial charge is 0.321 e. The minimum atomic E-state index is -4.38. The Labute approximate surface area is 164 Å². The fraction of sp³-hybridized carbons (Fsp3) is 0.300. The number of quaternary nitrogens is 1. The highest BCUT2D eigenvalue weighted by Gasteiger charge is 2.34. The molecule has 2 atom stereocenters. The Morgan fingerprint density at radius 2 is 1.93 bits per heavy atom. The average Bonchev–Trinajstić information content (AvgIpc) is 3.27. The van der Waals surface area contributed by atoms with Gasteiger partial charge in [-0.2, -0.15) is 13.2 Å². The Morgan fingerprint density at radius 3 is 2.64 bits per heavy atom. The van der Waals surface area contributed by atoms with Crippen molar-refractivity contribution >= 4 is 33.1 Å². The minimum absolute atomic E-state index is 0.177. The highest BCUT2D eigenvalue weighted by Crippen LogP contribution is 2.30. The number of hydrogen-bond donors (Lipinski definition) is 2. The van der Waals surface area contributed by atoms with Crippen molar-refractivity contribution in [3.8, 4) is 0 Å². The van der Waals surface area contributed by atoms with Crippen LogP contribution in [0.15, 0.2) is 48.5 Å². The van der Waals surface area contributed by atoms with Crippen LogP contribution in [-0.4, -0.2) is 24.0 Å². The number of rotatable bonds is 4. The first kappa shape index (κ1) is 18.9. The second kappa shape index (κ2) is 7.52. The molecule has 4 rings (SSSR count). The van der Waals surface area contributed by atoms with Crippen molar-refractivity contribution in [2.75, 3.05) is 18.4 Å². The molecule has 0 aliphatic carbocycles. The lowest BCUT2D eigenvalue weighted by atomic mass is 10.2. The molecule has 1 amide bonds. The van der Waals surface area contributed by atoms with E-state index < -0.39 is 11.7 Å². The number of benzene rings is 2. The van der Waals surface area contributed by atoms with E-state index in [1.807, 2.05) is 24.3 Å². The summed E-state index contributed by atoms with van der Waals surface area (Å²) >= 11 is 1.66. The summed E-state index contributed by atoms with van der Waals surface area (Å²) in [5.74, 6) is -0.206. The molecule has 0 radical (unpaired) electrons. The van der Waals surface area contributed by atoms with Crippen LogP contribution in [0.25, 0.3) is 10.2 Å². The van der Waals surface area contributed by atoms with Crippen LogP contribution < -0.4 is 10.2 Å². The number of anilines is 1. The number of hydrogen-bond acceptors (Lipinski definition) is 3. The fourth-order valence-corrected chi connectivity index (χ4v) is 4.78. The number of aromatic nitrogens is 1. The maximum atomic E-state index is 12.6. The molecule has 1 aromatic heterocycles. The molecular weight excluding hydrogens is 387 g/mol. The Morgan fingerprint density at radius 1 is 1.18 bits per heavy atom. The van der Waals surface area contributed by atoms with Gasteiger partial charge in [0.15, 0.2) is 11.6 Å². The van der Waals surface area contributed by atoms with E-state index >= 15 is 0 Å². The number of nitrogens with one attached hydrogen (secondary N) is 2. The lowest BCUT2D eigenvalue weighted by Gasteiger charge is -2.19. The van der Waals surface area contributed by atoms with Crippen molar-refractivity contribution in [1.82, 2.24) is 4.98 Å². The van der Waals surface area contributed by atoms with Crippen molar-refractivity contribution in [3.63, 3.8) is 0 Å². The number of alkyl halides is 3. The molecule has 146 valence electrons. The van der Waals surface area contributed by atoms with Crippen LogP contribution in [0.1, 0.15) is 29.5 Å². The maximum absolute atomic E-state index is 12.6. The lowest BCUT2D eigenvalue weighted by Crippen LogP contribution is -3.11. The molecule has 2 N–H and O–H groups in total. The third-order valence-electron chi connectivity index (χ3n) is 4.98. The summed E-state index contributed by atoms with van der Waals surface area (Å²) in [6.45, 7) is 1.14. The molecule has 1 saturated heterocycles. The zero-order valence-corrected chi connectivity index (χ0v) is 15.7. The minimum Gasteiger partial charge on any atom is -0.321 e. The second-order valence-electron chi connectivity index (χ2n) is 6.92. The van der Waals surface area contributed by atoms with Gasteiger partial charge in [0.25, 0.3) is 5.91 Å². The number of nitrogens with zero attached hydrogens (tertiary/aromatic N) is 1. The van der Waals surface area contributed by atoms with Gasteiger partial charge >= 0.3 is 6.18 Å². The zero-order valence-electron chi connectivity index (χ0n) is 14.9. The van der Waals surface area contributed by atoms with Crippen LogP contribution in [0.2, 0.25) is 0 Å². The predicted molar refractivity (Wildman–Crippen MR) is 102 cm³/mol. The molecule has 1 fully saturated rings. The summed E-state index contributed by atoms with van der Waals surface area (Å²) in [4.78, 5) is 18.3. The number of amides is 1. The highest BCUT2D eigenvalue weighted by atomic mass is 32.1. The number of carbonyl (C=O) groups is 1. The van der Waals surface area contributed by atoms with Crippen molar-refractivity contribution in [1.29, 1.82) is 0 Å². The molecule has 1 aliphatic heterocycles. The van der Waals surface area contributed by atoms with Crippen molar-refractivity contribution in [2.24, 2.45) is 0 Å². The van der Waals surface area contributed by atoms with Crippen LogP contribution >= 0.6 is 11.3 Å². The molecule has 0 bridgehead atoms. The summed E-state index contributed by atoms with van der Waals surface area (Å²) in [5, 5.41) is 3.74. The quantitative estimate of drug-likeness (QED) is 0.695. The van der Waals surface area contributed by atoms with Gasteiger partial charge in [-0.25, -0.2) is 4.98 Å². The van der Waals surface area contributed by atoms with Crippen molar-refractivity contribution in [3.05, 3.63) is 59.1 Å². The fourth-order valence-electron chi connectivity index (χ4n) is 3.61. The second-order valence-corrected chi connectivity index (χ2v) is 7.99. The van der Waals surface area contributed by atoms with Crippen LogP contribution in [-0.2, 0) is 11.0 Å². The number of carbonyl (C=O) groups excluding carboxylic acids is 1. The van der Waals surface area contributed by atoms with E-state index in [0.29, 0.717) is 5.69 Å². The Balaban J connectivity index is 1.42. The molecule has 4 nitrogen and oxygen atoms in total. The van der Waals surface area contributed by atoms with Crippen LogP contribution in [0.5, 0.6) is 0 Å². The van der Waals surface area contributed by atoms with Gasteiger partial charge in [0, 0.05) is 18.5 Å². The summed E-state index contributed by atoms with van der Waals surface area (Å²) in [7, 11) is 0. The Hall–Kier alpha value is -2.45. The molecule has 2 heterocycles. The maximum Gasteiger partial charge on any atom is 0.416 e. The number of thiazole rings is 1. The molecule has 2 aromatic carbocycles. The molecule has 0 spiro atoms. The van der Waals surface area contributed by atoms with E-state index in [0.717, 1.165) is 51.6 Å². The molecule has 0 saturated carbocycles. The van der Waals surface area contributed by atoms with Gasteiger partial charge in [0.05, 0.1) is 22.3 Å².